The van der Waals surface area contributed by atoms with Gasteiger partial charge in [-0.15, -0.1) is 0 Å². The molecule has 4 N–H and O–H groups in total. The molecule has 12 heavy (non-hydrogen) atoms. The first-order chi connectivity index (χ1) is 5.24. The summed E-state index contributed by atoms with van der Waals surface area (Å²) >= 11 is 0. The van der Waals surface area contributed by atoms with E-state index < -0.39 is 5.97 Å². The molecule has 0 radical (unpaired) electrons. The third-order valence-corrected chi connectivity index (χ3v) is 1.30. The maximum Gasteiger partial charge on any atom is 0.335 e. The number of hydrazine groups is 1. The van der Waals surface area contributed by atoms with Crippen LogP contribution < -0.4 is 11.3 Å². The average Bonchev–Trinajstić information content (AvgIpc) is 2.05. The lowest BCUT2D eigenvalue weighted by Crippen LogP contribution is -2.06. The van der Waals surface area contributed by atoms with Crippen molar-refractivity contribution < 1.29 is 9.90 Å². The maximum atomic E-state index is 10.3. The molecule has 0 bridgehead atoms. The summed E-state index contributed by atoms with van der Waals surface area (Å²) in [5, 5.41) is 8.50. The Kier molecular flexibility index (Phi) is 3.79. The van der Waals surface area contributed by atoms with E-state index in [0.29, 0.717) is 5.69 Å². The Bertz CT molecular complexity index is 256. The topological polar surface area (TPSA) is 75.3 Å². The fourth-order valence-electron chi connectivity index (χ4n) is 0.709. The van der Waals surface area contributed by atoms with Crippen LogP contribution in [0.2, 0.25) is 0 Å². The molecule has 1 rings (SSSR count). The first kappa shape index (κ1) is 10.4. The third kappa shape index (κ3) is 2.25. The van der Waals surface area contributed by atoms with E-state index in [1.807, 2.05) is 0 Å². The number of carboxylic acids is 1. The molecule has 0 aromatic heterocycles. The van der Waals surface area contributed by atoms with Gasteiger partial charge in [-0.1, -0.05) is 7.43 Å². The van der Waals surface area contributed by atoms with Crippen LogP contribution in [0, 0.1) is 0 Å². The highest BCUT2D eigenvalue weighted by Crippen LogP contribution is 2.07. The Labute approximate surface area is 71.0 Å². The minimum absolute atomic E-state index is 0. The molecule has 4 nitrogen and oxygen atoms in total. The highest BCUT2D eigenvalue weighted by molar-refractivity contribution is 5.87. The van der Waals surface area contributed by atoms with Gasteiger partial charge in [0.2, 0.25) is 0 Å². The van der Waals surface area contributed by atoms with Crippen molar-refractivity contribution in [1.82, 2.24) is 0 Å². The number of carbonyl (C=O) groups is 1. The Morgan fingerprint density at radius 1 is 1.33 bits per heavy atom. The first-order valence-electron chi connectivity index (χ1n) is 3.04. The van der Waals surface area contributed by atoms with E-state index in [9.17, 15) is 4.79 Å². The lowest BCUT2D eigenvalue weighted by molar-refractivity contribution is 0.0697. The summed E-state index contributed by atoms with van der Waals surface area (Å²) in [5.74, 6) is 4.14. The van der Waals surface area contributed by atoms with E-state index >= 15 is 0 Å². The number of nitrogens with one attached hydrogen (secondary N) is 1. The largest absolute Gasteiger partial charge is 0.478 e. The number of carboxylic acid groups (broad SMARTS) is 1. The van der Waals surface area contributed by atoms with Crippen LogP contribution in [-0.4, -0.2) is 11.1 Å². The molecule has 0 atom stereocenters. The molecule has 0 fully saturated rings. The minimum Gasteiger partial charge on any atom is -0.478 e. The molecule has 0 aliphatic rings. The van der Waals surface area contributed by atoms with Gasteiger partial charge in [0, 0.05) is 5.69 Å². The van der Waals surface area contributed by atoms with Crippen molar-refractivity contribution in [2.24, 2.45) is 5.84 Å². The second kappa shape index (κ2) is 4.35. The van der Waals surface area contributed by atoms with Crippen molar-refractivity contribution in [3.8, 4) is 0 Å². The summed E-state index contributed by atoms with van der Waals surface area (Å²) in [6.07, 6.45) is 0. The quantitative estimate of drug-likeness (QED) is 0.459. The van der Waals surface area contributed by atoms with E-state index in [0.717, 1.165) is 0 Å². The highest BCUT2D eigenvalue weighted by Gasteiger charge is 1.99. The molecule has 0 saturated carbocycles. The average molecular weight is 168 g/mol. The van der Waals surface area contributed by atoms with E-state index in [2.05, 4.69) is 5.43 Å². The van der Waals surface area contributed by atoms with Gasteiger partial charge < -0.3 is 10.5 Å². The molecule has 0 heterocycles. The Morgan fingerprint density at radius 3 is 2.17 bits per heavy atom. The van der Waals surface area contributed by atoms with Crippen LogP contribution in [0.5, 0.6) is 0 Å². The van der Waals surface area contributed by atoms with Crippen molar-refractivity contribution in [2.75, 3.05) is 5.43 Å². The maximum absolute atomic E-state index is 10.3. The van der Waals surface area contributed by atoms with Crippen LogP contribution in [0.1, 0.15) is 17.8 Å². The smallest absolute Gasteiger partial charge is 0.335 e. The minimum atomic E-state index is -0.937. The zero-order valence-electron chi connectivity index (χ0n) is 5.74. The molecule has 0 spiro atoms. The highest BCUT2D eigenvalue weighted by atomic mass is 16.4. The van der Waals surface area contributed by atoms with Crippen LogP contribution in [0.4, 0.5) is 5.69 Å². The molecule has 1 aromatic carbocycles. The Morgan fingerprint density at radius 2 is 1.83 bits per heavy atom. The molecule has 1 aromatic rings. The fourth-order valence-corrected chi connectivity index (χ4v) is 0.709. The summed E-state index contributed by atoms with van der Waals surface area (Å²) in [6.45, 7) is 0. The summed E-state index contributed by atoms with van der Waals surface area (Å²) < 4.78 is 0. The lowest BCUT2D eigenvalue weighted by atomic mass is 10.2. The van der Waals surface area contributed by atoms with Crippen LogP contribution in [0.15, 0.2) is 24.3 Å². The van der Waals surface area contributed by atoms with Gasteiger partial charge in [0.05, 0.1) is 5.56 Å². The van der Waals surface area contributed by atoms with Crippen molar-refractivity contribution in [3.63, 3.8) is 0 Å². The van der Waals surface area contributed by atoms with Crippen molar-refractivity contribution in [1.29, 1.82) is 0 Å². The predicted octanol–water partition coefficient (Wildman–Crippen LogP) is 1.31. The van der Waals surface area contributed by atoms with Gasteiger partial charge in [-0.3, -0.25) is 5.84 Å². The number of nitrogen functional groups attached to an aromatic ring is 1. The monoisotopic (exact) mass is 168 g/mol. The van der Waals surface area contributed by atoms with E-state index in [-0.39, 0.29) is 13.0 Å². The summed E-state index contributed by atoms with van der Waals surface area (Å²) in [6, 6.07) is 6.17. The number of rotatable bonds is 2. The molecule has 0 aliphatic carbocycles. The fraction of sp³-hybridized carbons (Fsp3) is 0.125. The second-order valence-corrected chi connectivity index (χ2v) is 2.03. The van der Waals surface area contributed by atoms with Gasteiger partial charge in [0.15, 0.2) is 0 Å². The number of aromatic carboxylic acids is 1. The standard InChI is InChI=1S/C7H8N2O2.CH4/c8-9-6-3-1-5(2-4-6)7(10)11;/h1-4,9H,8H2,(H,10,11);1H4. The molecular formula is C8H12N2O2. The summed E-state index contributed by atoms with van der Waals surface area (Å²) in [7, 11) is 0. The van der Waals surface area contributed by atoms with Crippen LogP contribution in [0.25, 0.3) is 0 Å². The second-order valence-electron chi connectivity index (χ2n) is 2.03. The summed E-state index contributed by atoms with van der Waals surface area (Å²) in [5.41, 5.74) is 3.34. The molecule has 0 saturated heterocycles. The molecule has 0 amide bonds. The van der Waals surface area contributed by atoms with Gasteiger partial charge in [0.1, 0.15) is 0 Å². The Hall–Kier alpha value is -1.55. The SMILES string of the molecule is C.NNc1ccc(C(=O)O)cc1. The van der Waals surface area contributed by atoms with E-state index in [1.165, 1.54) is 12.1 Å². The van der Waals surface area contributed by atoms with Gasteiger partial charge in [-0.25, -0.2) is 4.79 Å². The number of hydrogen-bond donors (Lipinski definition) is 3. The van der Waals surface area contributed by atoms with Gasteiger partial charge in [0.25, 0.3) is 0 Å². The van der Waals surface area contributed by atoms with Crippen LogP contribution in [-0.2, 0) is 0 Å². The molecule has 4 heteroatoms. The van der Waals surface area contributed by atoms with Crippen LogP contribution >= 0.6 is 0 Å². The normalized spacial score (nSPS) is 8.42. The lowest BCUT2D eigenvalue weighted by Gasteiger charge is -1.98. The molecular weight excluding hydrogens is 156 g/mol. The van der Waals surface area contributed by atoms with Crippen molar-refractivity contribution in [3.05, 3.63) is 29.8 Å². The van der Waals surface area contributed by atoms with Gasteiger partial charge in [-0.2, -0.15) is 0 Å². The van der Waals surface area contributed by atoms with Crippen LogP contribution in [0.3, 0.4) is 0 Å². The number of benzene rings is 1. The van der Waals surface area contributed by atoms with Gasteiger partial charge >= 0.3 is 5.97 Å². The first-order valence-corrected chi connectivity index (χ1v) is 3.04. The molecule has 0 aliphatic heterocycles. The zero-order valence-corrected chi connectivity index (χ0v) is 5.74. The zero-order chi connectivity index (χ0) is 8.27. The van der Waals surface area contributed by atoms with E-state index in [1.54, 1.807) is 12.1 Å². The molecule has 66 valence electrons. The number of anilines is 1. The number of nitrogens with two attached hydrogens (primary N) is 1. The van der Waals surface area contributed by atoms with Crippen molar-refractivity contribution in [2.45, 2.75) is 7.43 Å². The van der Waals surface area contributed by atoms with Crippen molar-refractivity contribution >= 4 is 11.7 Å². The van der Waals surface area contributed by atoms with Gasteiger partial charge in [-0.05, 0) is 24.3 Å². The predicted molar refractivity (Wildman–Crippen MR) is 47.9 cm³/mol. The Balaban J connectivity index is 0.00000121. The molecule has 0 unspecified atom stereocenters. The number of hydrogen-bond acceptors (Lipinski definition) is 3. The third-order valence-electron chi connectivity index (χ3n) is 1.30. The summed E-state index contributed by atoms with van der Waals surface area (Å²) in [4.78, 5) is 10.3. The van der Waals surface area contributed by atoms with E-state index in [4.69, 9.17) is 10.9 Å².